The molecule has 1 unspecified atom stereocenters. The molecule has 1 atom stereocenters. The van der Waals surface area contributed by atoms with Gasteiger partial charge in [-0.15, -0.1) is 0 Å². The molecule has 1 saturated heterocycles. The fourth-order valence-corrected chi connectivity index (χ4v) is 2.85. The maximum Gasteiger partial charge on any atom is 0.329 e. The number of benzene rings is 1. The van der Waals surface area contributed by atoms with Crippen LogP contribution in [0.1, 0.15) is 30.1 Å². The van der Waals surface area contributed by atoms with Crippen LogP contribution in [-0.2, 0) is 4.79 Å². The van der Waals surface area contributed by atoms with Crippen molar-refractivity contribution in [3.05, 3.63) is 36.0 Å². The molecule has 104 valence electrons. The van der Waals surface area contributed by atoms with Gasteiger partial charge in [0.15, 0.2) is 0 Å². The first kappa shape index (κ1) is 12.7. The van der Waals surface area contributed by atoms with Crippen LogP contribution in [0.25, 0.3) is 10.9 Å². The number of H-pyrrole nitrogens is 1. The number of likely N-dealkylation sites (tertiary alicyclic amines) is 1. The van der Waals surface area contributed by atoms with E-state index in [0.29, 0.717) is 18.5 Å². The summed E-state index contributed by atoms with van der Waals surface area (Å²) in [7, 11) is 0. The van der Waals surface area contributed by atoms with E-state index in [0.717, 1.165) is 17.3 Å². The summed E-state index contributed by atoms with van der Waals surface area (Å²) in [5.41, 5.74) is 0.403. The molecule has 2 heterocycles. The molecule has 2 N–H and O–H groups in total. The number of hydrogen-bond acceptors (Lipinski definition) is 2. The number of aliphatic carboxylic acids is 1. The zero-order valence-corrected chi connectivity index (χ0v) is 11.2. The van der Waals surface area contributed by atoms with Gasteiger partial charge in [0.2, 0.25) is 0 Å². The van der Waals surface area contributed by atoms with Crippen LogP contribution in [0.4, 0.5) is 0 Å². The lowest BCUT2D eigenvalue weighted by atomic mass is 9.98. The van der Waals surface area contributed by atoms with Gasteiger partial charge in [-0.25, -0.2) is 4.79 Å². The summed E-state index contributed by atoms with van der Waals surface area (Å²) in [6.45, 7) is 2.11. The highest BCUT2D eigenvalue weighted by Gasteiger charge is 2.46. The summed E-state index contributed by atoms with van der Waals surface area (Å²) in [5, 5.41) is 10.3. The Morgan fingerprint density at radius 3 is 2.90 bits per heavy atom. The van der Waals surface area contributed by atoms with Gasteiger partial charge in [0.25, 0.3) is 5.91 Å². The van der Waals surface area contributed by atoms with Crippen LogP contribution in [0, 0.1) is 0 Å². The number of amides is 1. The van der Waals surface area contributed by atoms with Gasteiger partial charge in [-0.05, 0) is 44.0 Å². The number of carboxylic acid groups (broad SMARTS) is 1. The van der Waals surface area contributed by atoms with E-state index in [4.69, 9.17) is 0 Å². The first-order valence-electron chi connectivity index (χ1n) is 6.65. The van der Waals surface area contributed by atoms with Crippen molar-refractivity contribution in [2.45, 2.75) is 25.3 Å². The number of rotatable bonds is 2. The predicted molar refractivity (Wildman–Crippen MR) is 74.6 cm³/mol. The molecule has 3 rings (SSSR count). The van der Waals surface area contributed by atoms with E-state index >= 15 is 0 Å². The fraction of sp³-hybridized carbons (Fsp3) is 0.333. The van der Waals surface area contributed by atoms with E-state index in [1.807, 2.05) is 18.3 Å². The quantitative estimate of drug-likeness (QED) is 0.880. The zero-order valence-electron chi connectivity index (χ0n) is 11.2. The Morgan fingerprint density at radius 1 is 1.35 bits per heavy atom. The van der Waals surface area contributed by atoms with Crippen molar-refractivity contribution in [3.8, 4) is 0 Å². The fourth-order valence-electron chi connectivity index (χ4n) is 2.85. The second-order valence-electron chi connectivity index (χ2n) is 5.42. The molecule has 5 nitrogen and oxygen atoms in total. The molecule has 1 aromatic heterocycles. The Hall–Kier alpha value is -2.30. The Morgan fingerprint density at radius 2 is 2.15 bits per heavy atom. The molecule has 1 aliphatic rings. The number of carbonyl (C=O) groups is 2. The highest BCUT2D eigenvalue weighted by Crippen LogP contribution is 2.31. The van der Waals surface area contributed by atoms with Gasteiger partial charge in [-0.1, -0.05) is 0 Å². The first-order chi connectivity index (χ1) is 9.52. The van der Waals surface area contributed by atoms with Crippen molar-refractivity contribution in [2.75, 3.05) is 6.54 Å². The number of aromatic amines is 1. The van der Waals surface area contributed by atoms with Crippen molar-refractivity contribution >= 4 is 22.8 Å². The minimum absolute atomic E-state index is 0.212. The Balaban J connectivity index is 1.97. The van der Waals surface area contributed by atoms with Crippen molar-refractivity contribution in [1.29, 1.82) is 0 Å². The molecular weight excluding hydrogens is 256 g/mol. The van der Waals surface area contributed by atoms with E-state index in [-0.39, 0.29) is 5.91 Å². The molecule has 1 fully saturated rings. The standard InChI is InChI=1S/C15H16N2O3/c1-15(14(19)20)6-2-8-17(15)13(18)11-3-4-12-10(9-11)5-7-16-12/h3-5,7,9,16H,2,6,8H2,1H3,(H,19,20). The molecule has 1 amide bonds. The molecule has 1 aromatic carbocycles. The topological polar surface area (TPSA) is 73.4 Å². The van der Waals surface area contributed by atoms with Crippen LogP contribution in [0.15, 0.2) is 30.5 Å². The summed E-state index contributed by atoms with van der Waals surface area (Å²) < 4.78 is 0. The largest absolute Gasteiger partial charge is 0.480 e. The van der Waals surface area contributed by atoms with Crippen LogP contribution in [-0.4, -0.2) is 39.0 Å². The zero-order chi connectivity index (χ0) is 14.3. The van der Waals surface area contributed by atoms with E-state index < -0.39 is 11.5 Å². The predicted octanol–water partition coefficient (Wildman–Crippen LogP) is 2.25. The Labute approximate surface area is 116 Å². The summed E-state index contributed by atoms with van der Waals surface area (Å²) >= 11 is 0. The third-order valence-electron chi connectivity index (χ3n) is 4.15. The molecule has 0 bridgehead atoms. The first-order valence-corrected chi connectivity index (χ1v) is 6.65. The SMILES string of the molecule is CC1(C(=O)O)CCCN1C(=O)c1ccc2[nH]ccc2c1. The molecule has 1 aliphatic heterocycles. The van der Waals surface area contributed by atoms with Gasteiger partial charge in [-0.3, -0.25) is 4.79 Å². The van der Waals surface area contributed by atoms with Crippen LogP contribution >= 0.6 is 0 Å². The number of nitrogens with zero attached hydrogens (tertiary/aromatic N) is 1. The van der Waals surface area contributed by atoms with E-state index in [2.05, 4.69) is 4.98 Å². The number of carbonyl (C=O) groups excluding carboxylic acids is 1. The normalized spacial score (nSPS) is 22.4. The van der Waals surface area contributed by atoms with Crippen molar-refractivity contribution in [1.82, 2.24) is 9.88 Å². The van der Waals surface area contributed by atoms with Crippen molar-refractivity contribution in [2.24, 2.45) is 0 Å². The van der Waals surface area contributed by atoms with E-state index in [1.165, 1.54) is 4.90 Å². The average Bonchev–Trinajstić information content (AvgIpc) is 3.03. The maximum absolute atomic E-state index is 12.6. The molecule has 0 radical (unpaired) electrons. The lowest BCUT2D eigenvalue weighted by Gasteiger charge is -2.31. The number of aromatic nitrogens is 1. The van der Waals surface area contributed by atoms with Crippen molar-refractivity contribution < 1.29 is 14.7 Å². The van der Waals surface area contributed by atoms with E-state index in [1.54, 1.807) is 19.1 Å². The monoisotopic (exact) mass is 272 g/mol. The highest BCUT2D eigenvalue weighted by atomic mass is 16.4. The lowest BCUT2D eigenvalue weighted by molar-refractivity contribution is -0.147. The molecule has 0 aliphatic carbocycles. The second-order valence-corrected chi connectivity index (χ2v) is 5.42. The Bertz CT molecular complexity index is 691. The maximum atomic E-state index is 12.6. The molecule has 0 saturated carbocycles. The summed E-state index contributed by atoms with van der Waals surface area (Å²) in [6, 6.07) is 7.28. The van der Waals surface area contributed by atoms with Crippen LogP contribution in [0.2, 0.25) is 0 Å². The highest BCUT2D eigenvalue weighted by molar-refractivity contribution is 6.00. The number of fused-ring (bicyclic) bond motifs is 1. The molecule has 5 heteroatoms. The van der Waals surface area contributed by atoms with E-state index in [9.17, 15) is 14.7 Å². The van der Waals surface area contributed by atoms with Gasteiger partial charge in [0.1, 0.15) is 5.54 Å². The lowest BCUT2D eigenvalue weighted by Crippen LogP contribution is -2.50. The molecule has 20 heavy (non-hydrogen) atoms. The van der Waals surface area contributed by atoms with Gasteiger partial charge >= 0.3 is 5.97 Å². The van der Waals surface area contributed by atoms with Crippen LogP contribution in [0.5, 0.6) is 0 Å². The summed E-state index contributed by atoms with van der Waals surface area (Å²) in [6.07, 6.45) is 3.04. The summed E-state index contributed by atoms with van der Waals surface area (Å²) in [4.78, 5) is 28.6. The molecule has 0 spiro atoms. The van der Waals surface area contributed by atoms with Crippen LogP contribution < -0.4 is 0 Å². The number of nitrogens with one attached hydrogen (secondary N) is 1. The minimum atomic E-state index is -1.09. The van der Waals surface area contributed by atoms with Gasteiger partial charge in [0.05, 0.1) is 0 Å². The third-order valence-corrected chi connectivity index (χ3v) is 4.15. The minimum Gasteiger partial charge on any atom is -0.480 e. The Kier molecular flexibility index (Phi) is 2.78. The second kappa shape index (κ2) is 4.37. The third kappa shape index (κ3) is 1.78. The van der Waals surface area contributed by atoms with Crippen LogP contribution in [0.3, 0.4) is 0 Å². The van der Waals surface area contributed by atoms with Gasteiger partial charge in [0, 0.05) is 29.2 Å². The van der Waals surface area contributed by atoms with Crippen molar-refractivity contribution in [3.63, 3.8) is 0 Å². The molecule has 2 aromatic rings. The summed E-state index contributed by atoms with van der Waals surface area (Å²) in [5.74, 6) is -1.15. The van der Waals surface area contributed by atoms with Gasteiger partial charge < -0.3 is 15.0 Å². The average molecular weight is 272 g/mol. The molecular formula is C15H16N2O3. The smallest absolute Gasteiger partial charge is 0.329 e. The number of hydrogen-bond donors (Lipinski definition) is 2. The number of carboxylic acids is 1. The van der Waals surface area contributed by atoms with Gasteiger partial charge in [-0.2, -0.15) is 0 Å².